The number of aryl methyl sites for hydroxylation is 1. The number of halogens is 1. The predicted molar refractivity (Wildman–Crippen MR) is 145 cm³/mol. The summed E-state index contributed by atoms with van der Waals surface area (Å²) in [5.74, 6) is -0.486. The highest BCUT2D eigenvalue weighted by molar-refractivity contribution is 6.04. The minimum atomic E-state index is -0.362. The second-order valence-corrected chi connectivity index (χ2v) is 9.56. The van der Waals surface area contributed by atoms with E-state index in [0.717, 1.165) is 28.5 Å². The molecule has 2 N–H and O–H groups in total. The summed E-state index contributed by atoms with van der Waals surface area (Å²) in [4.78, 5) is 32.2. The molecule has 0 unspecified atom stereocenters. The van der Waals surface area contributed by atoms with Crippen molar-refractivity contribution in [2.24, 2.45) is 0 Å². The number of hydrogen-bond acceptors (Lipinski definition) is 5. The van der Waals surface area contributed by atoms with Gasteiger partial charge in [-0.2, -0.15) is 0 Å². The van der Waals surface area contributed by atoms with Crippen molar-refractivity contribution < 1.29 is 14.0 Å². The molecule has 0 saturated carbocycles. The van der Waals surface area contributed by atoms with Gasteiger partial charge in [0.2, 0.25) is 5.91 Å². The standard InChI is InChI=1S/C28H30FN7O2/c1-30-20-6-7-21(24(29)15-20)22-13-19(14-25-23(22)16-26(32-25)28(38)34(2)3)18-5-4-10-35(17-18)27(37)8-11-36-12-9-31-33-36/h5-7,9,12-16,30,32H,4,8,10-11,17H2,1-3H3. The molecule has 0 atom stereocenters. The summed E-state index contributed by atoms with van der Waals surface area (Å²) >= 11 is 0. The molecule has 0 fully saturated rings. The van der Waals surface area contributed by atoms with Crippen molar-refractivity contribution in [3.05, 3.63) is 71.9 Å². The van der Waals surface area contributed by atoms with Crippen LogP contribution >= 0.6 is 0 Å². The molecule has 1 aliphatic rings. The monoisotopic (exact) mass is 515 g/mol. The molecular formula is C28H30FN7O2. The summed E-state index contributed by atoms with van der Waals surface area (Å²) in [6.45, 7) is 1.56. The summed E-state index contributed by atoms with van der Waals surface area (Å²) in [7, 11) is 5.13. The Morgan fingerprint density at radius 1 is 1.16 bits per heavy atom. The number of fused-ring (bicyclic) bond motifs is 1. The van der Waals surface area contributed by atoms with Crippen LogP contribution in [0.1, 0.15) is 28.9 Å². The second kappa shape index (κ2) is 10.5. The summed E-state index contributed by atoms with van der Waals surface area (Å²) < 4.78 is 16.9. The van der Waals surface area contributed by atoms with Gasteiger partial charge in [-0.3, -0.25) is 14.3 Å². The largest absolute Gasteiger partial charge is 0.388 e. The first-order valence-electron chi connectivity index (χ1n) is 12.5. The molecule has 38 heavy (non-hydrogen) atoms. The third kappa shape index (κ3) is 5.02. The van der Waals surface area contributed by atoms with Gasteiger partial charge in [-0.25, -0.2) is 4.39 Å². The fourth-order valence-electron chi connectivity index (χ4n) is 4.78. The van der Waals surface area contributed by atoms with E-state index in [0.29, 0.717) is 48.6 Å². The number of hydrogen-bond donors (Lipinski definition) is 2. The number of rotatable bonds is 7. The number of carbonyl (C=O) groups is 2. The first-order valence-corrected chi connectivity index (χ1v) is 12.5. The summed E-state index contributed by atoms with van der Waals surface area (Å²) in [5, 5.41) is 11.4. The van der Waals surface area contributed by atoms with Crippen LogP contribution in [0.4, 0.5) is 10.1 Å². The highest BCUT2D eigenvalue weighted by Crippen LogP contribution is 2.36. The molecule has 5 rings (SSSR count). The molecule has 0 saturated heterocycles. The Morgan fingerprint density at radius 2 is 2.00 bits per heavy atom. The van der Waals surface area contributed by atoms with E-state index < -0.39 is 0 Å². The molecule has 2 aromatic heterocycles. The minimum Gasteiger partial charge on any atom is -0.388 e. The summed E-state index contributed by atoms with van der Waals surface area (Å²) in [5.41, 5.74) is 4.82. The number of anilines is 1. The molecule has 2 aromatic carbocycles. The molecule has 1 aliphatic heterocycles. The summed E-state index contributed by atoms with van der Waals surface area (Å²) in [6.07, 6.45) is 6.50. The van der Waals surface area contributed by atoms with Gasteiger partial charge in [0.15, 0.2) is 0 Å². The zero-order chi connectivity index (χ0) is 26.8. The Labute approximate surface area is 219 Å². The van der Waals surface area contributed by atoms with E-state index in [1.807, 2.05) is 23.1 Å². The maximum absolute atomic E-state index is 15.3. The molecule has 0 bridgehead atoms. The Kier molecular flexibility index (Phi) is 6.95. The van der Waals surface area contributed by atoms with E-state index in [4.69, 9.17) is 0 Å². The predicted octanol–water partition coefficient (Wildman–Crippen LogP) is 4.02. The van der Waals surface area contributed by atoms with Crippen LogP contribution in [0, 0.1) is 5.82 Å². The first kappa shape index (κ1) is 25.2. The van der Waals surface area contributed by atoms with E-state index in [-0.39, 0.29) is 17.6 Å². The van der Waals surface area contributed by atoms with Crippen LogP contribution in [-0.2, 0) is 11.3 Å². The summed E-state index contributed by atoms with van der Waals surface area (Å²) in [6, 6.07) is 10.7. The van der Waals surface area contributed by atoms with Gasteiger partial charge in [0.05, 0.1) is 12.7 Å². The van der Waals surface area contributed by atoms with E-state index in [1.54, 1.807) is 50.4 Å². The fraction of sp³-hybridized carbons (Fsp3) is 0.286. The third-order valence-electron chi connectivity index (χ3n) is 6.82. The van der Waals surface area contributed by atoms with Crippen molar-refractivity contribution >= 4 is 34.0 Å². The molecule has 196 valence electrons. The Balaban J connectivity index is 1.51. The highest BCUT2D eigenvalue weighted by Gasteiger charge is 2.22. The van der Waals surface area contributed by atoms with Gasteiger partial charge in [-0.1, -0.05) is 11.3 Å². The van der Waals surface area contributed by atoms with Crippen molar-refractivity contribution in [2.75, 3.05) is 39.5 Å². The second-order valence-electron chi connectivity index (χ2n) is 9.56. The van der Waals surface area contributed by atoms with E-state index in [1.165, 1.54) is 11.0 Å². The third-order valence-corrected chi connectivity index (χ3v) is 6.82. The number of H-pyrrole nitrogens is 1. The number of amides is 2. The SMILES string of the molecule is CNc1ccc(-c2cc(C3=CCCN(C(=O)CCn4ccnn4)C3)cc3[nH]c(C(=O)N(C)C)cc23)c(F)c1. The molecule has 9 nitrogen and oxygen atoms in total. The van der Waals surface area contributed by atoms with E-state index in [2.05, 4.69) is 26.7 Å². The van der Waals surface area contributed by atoms with Crippen LogP contribution in [0.3, 0.4) is 0 Å². The topological polar surface area (TPSA) is 99.1 Å². The molecule has 10 heteroatoms. The van der Waals surface area contributed by atoms with Gasteiger partial charge < -0.3 is 20.1 Å². The van der Waals surface area contributed by atoms with Crippen molar-refractivity contribution in [3.8, 4) is 11.1 Å². The lowest BCUT2D eigenvalue weighted by Crippen LogP contribution is -2.36. The van der Waals surface area contributed by atoms with Gasteiger partial charge in [0, 0.05) is 69.0 Å². The Hall–Kier alpha value is -4.47. The smallest absolute Gasteiger partial charge is 0.269 e. The zero-order valence-electron chi connectivity index (χ0n) is 21.7. The van der Waals surface area contributed by atoms with Gasteiger partial charge in [-0.05, 0) is 59.5 Å². The minimum absolute atomic E-state index is 0.0415. The van der Waals surface area contributed by atoms with Crippen LogP contribution in [0.5, 0.6) is 0 Å². The van der Waals surface area contributed by atoms with Gasteiger partial charge in [0.25, 0.3) is 5.91 Å². The van der Waals surface area contributed by atoms with Crippen LogP contribution < -0.4 is 5.32 Å². The van der Waals surface area contributed by atoms with Crippen LogP contribution in [0.25, 0.3) is 27.6 Å². The van der Waals surface area contributed by atoms with Crippen LogP contribution in [0.2, 0.25) is 0 Å². The van der Waals surface area contributed by atoms with Crippen molar-refractivity contribution in [1.82, 2.24) is 29.8 Å². The number of carbonyl (C=O) groups excluding carboxylic acids is 2. The maximum Gasteiger partial charge on any atom is 0.269 e. The van der Waals surface area contributed by atoms with Crippen molar-refractivity contribution in [2.45, 2.75) is 19.4 Å². The molecule has 2 amide bonds. The van der Waals surface area contributed by atoms with Gasteiger partial charge in [-0.15, -0.1) is 5.10 Å². The molecular weight excluding hydrogens is 485 g/mol. The Bertz CT molecular complexity index is 1520. The Morgan fingerprint density at radius 3 is 2.71 bits per heavy atom. The van der Waals surface area contributed by atoms with Crippen LogP contribution in [0.15, 0.2) is 54.9 Å². The first-order chi connectivity index (χ1) is 18.3. The van der Waals surface area contributed by atoms with Crippen molar-refractivity contribution in [3.63, 3.8) is 0 Å². The lowest BCUT2D eigenvalue weighted by Gasteiger charge is -2.28. The average Bonchev–Trinajstić information content (AvgIpc) is 3.61. The average molecular weight is 516 g/mol. The number of nitrogens with one attached hydrogen (secondary N) is 2. The number of benzene rings is 2. The maximum atomic E-state index is 15.3. The number of aromatic amines is 1. The number of aromatic nitrogens is 4. The highest BCUT2D eigenvalue weighted by atomic mass is 19.1. The number of nitrogens with zero attached hydrogens (tertiary/aromatic N) is 5. The van der Waals surface area contributed by atoms with E-state index >= 15 is 4.39 Å². The van der Waals surface area contributed by atoms with Crippen molar-refractivity contribution in [1.29, 1.82) is 0 Å². The molecule has 0 radical (unpaired) electrons. The molecule has 4 aromatic rings. The van der Waals surface area contributed by atoms with E-state index in [9.17, 15) is 9.59 Å². The zero-order valence-corrected chi connectivity index (χ0v) is 21.7. The van der Waals surface area contributed by atoms with Gasteiger partial charge >= 0.3 is 0 Å². The molecule has 3 heterocycles. The molecule has 0 spiro atoms. The van der Waals surface area contributed by atoms with Crippen LogP contribution in [-0.4, -0.2) is 75.8 Å². The normalized spacial score (nSPS) is 13.5. The molecule has 0 aliphatic carbocycles. The lowest BCUT2D eigenvalue weighted by atomic mass is 9.93. The quantitative estimate of drug-likeness (QED) is 0.388. The van der Waals surface area contributed by atoms with Gasteiger partial charge in [0.1, 0.15) is 11.5 Å². The fourth-order valence-corrected chi connectivity index (χ4v) is 4.78. The lowest BCUT2D eigenvalue weighted by molar-refractivity contribution is -0.131.